The minimum absolute atomic E-state index is 0.0870. The number of hydrazine groups is 1. The van der Waals surface area contributed by atoms with Crippen molar-refractivity contribution in [3.8, 4) is 0 Å². The van der Waals surface area contributed by atoms with E-state index in [1.165, 1.54) is 24.1 Å². The molecule has 2 rings (SSSR count). The number of aliphatic hydroxyl groups is 1. The van der Waals surface area contributed by atoms with Gasteiger partial charge in [0.2, 0.25) is 0 Å². The van der Waals surface area contributed by atoms with E-state index in [1.807, 2.05) is 6.07 Å². The molecule has 2 aromatic rings. The summed E-state index contributed by atoms with van der Waals surface area (Å²) < 4.78 is 41.1. The summed E-state index contributed by atoms with van der Waals surface area (Å²) in [6.45, 7) is -0.104. The maximum absolute atomic E-state index is 12.7. The summed E-state index contributed by atoms with van der Waals surface area (Å²) >= 11 is 1.36. The molecule has 0 bridgehead atoms. The van der Waals surface area contributed by atoms with E-state index in [1.54, 1.807) is 19.2 Å². The van der Waals surface area contributed by atoms with Gasteiger partial charge in [0, 0.05) is 21.8 Å². The van der Waals surface area contributed by atoms with Crippen LogP contribution >= 0.6 is 11.9 Å². The van der Waals surface area contributed by atoms with Crippen LogP contribution in [-0.2, 0) is 6.18 Å². The quantitative estimate of drug-likeness (QED) is 0.148. The number of rotatable bonds is 8. The molecule has 0 atom stereocenters. The second-order valence-electron chi connectivity index (χ2n) is 5.59. The molecule has 0 aliphatic rings. The van der Waals surface area contributed by atoms with Crippen LogP contribution in [0.4, 0.5) is 24.5 Å². The summed E-state index contributed by atoms with van der Waals surface area (Å²) in [6.07, 6.45) is -4.40. The van der Waals surface area contributed by atoms with Gasteiger partial charge in [-0.15, -0.1) is 5.10 Å². The van der Waals surface area contributed by atoms with Crippen LogP contribution in [-0.4, -0.2) is 36.3 Å². The Hall–Kier alpha value is -2.47. The monoisotopic (exact) mass is 414 g/mol. The zero-order valence-corrected chi connectivity index (χ0v) is 15.8. The molecule has 28 heavy (non-hydrogen) atoms. The topological polar surface area (TPSA) is 112 Å². The van der Waals surface area contributed by atoms with Gasteiger partial charge in [0.25, 0.3) is 0 Å². The fraction of sp³-hybridized carbons (Fsp3) is 0.235. The zero-order valence-electron chi connectivity index (χ0n) is 15.0. The molecule has 7 N–H and O–H groups in total. The molecule has 0 radical (unpaired) electrons. The molecule has 11 heteroatoms. The lowest BCUT2D eigenvalue weighted by Gasteiger charge is -2.16. The first-order valence-electron chi connectivity index (χ1n) is 8.14. The molecule has 0 saturated carbocycles. The summed E-state index contributed by atoms with van der Waals surface area (Å²) in [7, 11) is 1.76. The number of hydrogen-bond acceptors (Lipinski definition) is 7. The van der Waals surface area contributed by atoms with Gasteiger partial charge >= 0.3 is 6.18 Å². The van der Waals surface area contributed by atoms with Gasteiger partial charge in [-0.25, -0.2) is 11.0 Å². The van der Waals surface area contributed by atoms with E-state index < -0.39 is 11.7 Å². The second-order valence-corrected chi connectivity index (χ2v) is 6.67. The molecule has 0 amide bonds. The lowest BCUT2D eigenvalue weighted by molar-refractivity contribution is -0.137. The number of benzene rings is 2. The average molecular weight is 414 g/mol. The Bertz CT molecular complexity index is 814. The molecule has 152 valence electrons. The fourth-order valence-corrected chi connectivity index (χ4v) is 2.82. The Morgan fingerprint density at radius 1 is 1.21 bits per heavy atom. The van der Waals surface area contributed by atoms with E-state index in [9.17, 15) is 13.2 Å². The molecule has 0 aromatic heterocycles. The summed E-state index contributed by atoms with van der Waals surface area (Å²) in [6, 6.07) is 9.97. The van der Waals surface area contributed by atoms with Crippen LogP contribution in [0.15, 0.2) is 52.5 Å². The third-order valence-corrected chi connectivity index (χ3v) is 4.24. The first-order valence-corrected chi connectivity index (χ1v) is 8.95. The number of alkyl halides is 3. The highest BCUT2D eigenvalue weighted by Crippen LogP contribution is 2.31. The van der Waals surface area contributed by atoms with Crippen LogP contribution in [0.25, 0.3) is 0 Å². The maximum atomic E-state index is 12.7. The number of halogens is 3. The van der Waals surface area contributed by atoms with Crippen molar-refractivity contribution in [1.29, 1.82) is 0 Å². The highest BCUT2D eigenvalue weighted by Gasteiger charge is 2.29. The van der Waals surface area contributed by atoms with Crippen LogP contribution in [0.3, 0.4) is 0 Å². The molecular weight excluding hydrogens is 393 g/mol. The average Bonchev–Trinajstić information content (AvgIpc) is 2.63. The second kappa shape index (κ2) is 9.64. The SMILES string of the molecule is CNSc1ccc(Nc2ccc(C(F)(F)F)cc2)c(/C(N)=N/N(N)CCO)c1. The smallest absolute Gasteiger partial charge is 0.394 e. The Morgan fingerprint density at radius 2 is 1.89 bits per heavy atom. The van der Waals surface area contributed by atoms with Crippen LogP contribution in [0, 0.1) is 0 Å². The van der Waals surface area contributed by atoms with Crippen molar-refractivity contribution in [3.05, 3.63) is 53.6 Å². The van der Waals surface area contributed by atoms with Gasteiger partial charge in [-0.3, -0.25) is 4.72 Å². The highest BCUT2D eigenvalue weighted by molar-refractivity contribution is 7.97. The van der Waals surface area contributed by atoms with E-state index in [0.717, 1.165) is 22.1 Å². The predicted molar refractivity (Wildman–Crippen MR) is 105 cm³/mol. The maximum Gasteiger partial charge on any atom is 0.416 e. The Kier molecular flexibility index (Phi) is 7.52. The zero-order chi connectivity index (χ0) is 20.7. The lowest BCUT2D eigenvalue weighted by Crippen LogP contribution is -2.32. The molecule has 0 saturated heterocycles. The summed E-state index contributed by atoms with van der Waals surface area (Å²) in [4.78, 5) is 0.847. The predicted octanol–water partition coefficient (Wildman–Crippen LogP) is 2.46. The number of aliphatic hydroxyl groups excluding tert-OH is 1. The van der Waals surface area contributed by atoms with Gasteiger partial charge in [0.05, 0.1) is 18.7 Å². The number of nitrogens with two attached hydrogens (primary N) is 2. The van der Waals surface area contributed by atoms with Crippen LogP contribution < -0.4 is 21.6 Å². The third-order valence-electron chi connectivity index (χ3n) is 3.54. The number of nitrogens with zero attached hydrogens (tertiary/aromatic N) is 2. The van der Waals surface area contributed by atoms with Crippen molar-refractivity contribution in [1.82, 2.24) is 9.84 Å². The van der Waals surface area contributed by atoms with Gasteiger partial charge < -0.3 is 16.2 Å². The van der Waals surface area contributed by atoms with E-state index >= 15 is 0 Å². The normalized spacial score (nSPS) is 12.1. The number of hydrazone groups is 1. The first-order chi connectivity index (χ1) is 13.2. The molecule has 0 unspecified atom stereocenters. The van der Waals surface area contributed by atoms with Gasteiger partial charge in [0.1, 0.15) is 0 Å². The number of nitrogens with one attached hydrogen (secondary N) is 2. The van der Waals surface area contributed by atoms with Gasteiger partial charge in [-0.05, 0) is 61.5 Å². The third kappa shape index (κ3) is 6.02. The molecular formula is C17H21F3N6OS. The minimum Gasteiger partial charge on any atom is -0.394 e. The molecule has 2 aromatic carbocycles. The summed E-state index contributed by atoms with van der Waals surface area (Å²) in [5, 5.41) is 17.0. The van der Waals surface area contributed by atoms with Gasteiger partial charge in [-0.1, -0.05) is 0 Å². The van der Waals surface area contributed by atoms with Crippen LogP contribution in [0.5, 0.6) is 0 Å². The fourth-order valence-electron chi connectivity index (χ4n) is 2.27. The number of hydrogen-bond donors (Lipinski definition) is 5. The van der Waals surface area contributed by atoms with Crippen molar-refractivity contribution < 1.29 is 18.3 Å². The number of amidine groups is 1. The standard InChI is InChI=1S/C17H21F3N6OS/c1-23-28-13-6-7-15(14(10-13)16(21)25-26(22)8-9-27)24-12-4-2-11(3-5-12)17(18,19)20/h2-7,10,23-24,27H,8-9,22H2,1H3,(H2,21,25). The molecule has 0 spiro atoms. The van der Waals surface area contributed by atoms with E-state index in [2.05, 4.69) is 15.1 Å². The molecule has 0 aliphatic heterocycles. The highest BCUT2D eigenvalue weighted by atomic mass is 32.2. The Labute approximate surface area is 164 Å². The van der Waals surface area contributed by atoms with Crippen molar-refractivity contribution >= 4 is 29.2 Å². The van der Waals surface area contributed by atoms with Crippen molar-refractivity contribution in [2.45, 2.75) is 11.1 Å². The van der Waals surface area contributed by atoms with Crippen LogP contribution in [0.2, 0.25) is 0 Å². The van der Waals surface area contributed by atoms with Crippen LogP contribution in [0.1, 0.15) is 11.1 Å². The van der Waals surface area contributed by atoms with E-state index in [-0.39, 0.29) is 19.0 Å². The molecule has 0 heterocycles. The summed E-state index contributed by atoms with van der Waals surface area (Å²) in [5.41, 5.74) is 6.82. The number of anilines is 2. The lowest BCUT2D eigenvalue weighted by atomic mass is 10.1. The van der Waals surface area contributed by atoms with Crippen molar-refractivity contribution in [3.63, 3.8) is 0 Å². The summed E-state index contributed by atoms with van der Waals surface area (Å²) in [5.74, 6) is 5.73. The molecule has 0 fully saturated rings. The van der Waals surface area contributed by atoms with E-state index in [4.69, 9.17) is 16.7 Å². The largest absolute Gasteiger partial charge is 0.416 e. The van der Waals surface area contributed by atoms with Gasteiger partial charge in [0.15, 0.2) is 5.84 Å². The first kappa shape index (κ1) is 21.8. The minimum atomic E-state index is -4.40. The van der Waals surface area contributed by atoms with Gasteiger partial charge in [-0.2, -0.15) is 13.2 Å². The molecule has 0 aliphatic carbocycles. The Balaban J connectivity index is 2.34. The van der Waals surface area contributed by atoms with Crippen molar-refractivity contribution in [2.24, 2.45) is 16.7 Å². The van der Waals surface area contributed by atoms with Crippen molar-refractivity contribution in [2.75, 3.05) is 25.5 Å². The van der Waals surface area contributed by atoms with E-state index in [0.29, 0.717) is 16.9 Å². The molecule has 7 nitrogen and oxygen atoms in total. The Morgan fingerprint density at radius 3 is 2.46 bits per heavy atom.